The average molecular weight is 312 g/mol. The van der Waals surface area contributed by atoms with Gasteiger partial charge >= 0.3 is 0 Å². The molecule has 0 saturated carbocycles. The van der Waals surface area contributed by atoms with Gasteiger partial charge < -0.3 is 9.64 Å². The van der Waals surface area contributed by atoms with Crippen LogP contribution in [0.1, 0.15) is 27.6 Å². The summed E-state index contributed by atoms with van der Waals surface area (Å²) in [5.41, 5.74) is 1.18. The molecule has 1 aromatic carbocycles. The second-order valence-corrected chi connectivity index (χ2v) is 5.01. The van der Waals surface area contributed by atoms with Crippen LogP contribution in [-0.2, 0) is 4.74 Å². The first-order valence-corrected chi connectivity index (χ1v) is 6.56. The number of carbonyl (C=O) groups excluding carboxylic acids is 2. The first kappa shape index (κ1) is 13.2. The Hall–Kier alpha value is -1.20. The van der Waals surface area contributed by atoms with Gasteiger partial charge in [0.25, 0.3) is 5.91 Å². The summed E-state index contributed by atoms with van der Waals surface area (Å²) in [6, 6.07) is 5.06. The molecule has 1 amide bonds. The Bertz CT molecular complexity index is 481. The van der Waals surface area contributed by atoms with Crippen LogP contribution >= 0.6 is 15.9 Å². The Morgan fingerprint density at radius 2 is 1.94 bits per heavy atom. The molecule has 1 heterocycles. The fraction of sp³-hybridized carbons (Fsp3) is 0.385. The molecule has 4 nitrogen and oxygen atoms in total. The lowest BCUT2D eigenvalue weighted by molar-refractivity contribution is 0.0302. The maximum atomic E-state index is 12.3. The predicted octanol–water partition coefficient (Wildman–Crippen LogP) is 2.12. The van der Waals surface area contributed by atoms with Crippen molar-refractivity contribution in [1.29, 1.82) is 0 Å². The van der Waals surface area contributed by atoms with E-state index in [4.69, 9.17) is 4.74 Å². The van der Waals surface area contributed by atoms with E-state index in [9.17, 15) is 9.59 Å². The standard InChI is InChI=1S/C13H14BrNO3/c1-9(16)10-2-3-11(12(14)8-10)13(17)15-4-6-18-7-5-15/h2-3,8H,4-7H2,1H3. The minimum Gasteiger partial charge on any atom is -0.378 e. The predicted molar refractivity (Wildman–Crippen MR) is 70.9 cm³/mol. The summed E-state index contributed by atoms with van der Waals surface area (Å²) in [5, 5.41) is 0. The maximum absolute atomic E-state index is 12.3. The molecule has 0 spiro atoms. The van der Waals surface area contributed by atoms with Crippen molar-refractivity contribution in [1.82, 2.24) is 4.90 Å². The van der Waals surface area contributed by atoms with E-state index in [-0.39, 0.29) is 11.7 Å². The largest absolute Gasteiger partial charge is 0.378 e. The molecule has 96 valence electrons. The van der Waals surface area contributed by atoms with Gasteiger partial charge in [0.1, 0.15) is 0 Å². The molecule has 0 N–H and O–H groups in total. The van der Waals surface area contributed by atoms with Gasteiger partial charge in [-0.05, 0) is 35.0 Å². The Morgan fingerprint density at radius 3 is 2.50 bits per heavy atom. The van der Waals surface area contributed by atoms with Crippen LogP contribution in [0.4, 0.5) is 0 Å². The van der Waals surface area contributed by atoms with Crippen LogP contribution in [0.2, 0.25) is 0 Å². The van der Waals surface area contributed by atoms with Crippen molar-refractivity contribution in [2.75, 3.05) is 26.3 Å². The normalized spacial score (nSPS) is 15.6. The average Bonchev–Trinajstić information content (AvgIpc) is 2.38. The number of amides is 1. The fourth-order valence-electron chi connectivity index (χ4n) is 1.84. The molecule has 5 heteroatoms. The fourth-order valence-corrected chi connectivity index (χ4v) is 2.39. The van der Waals surface area contributed by atoms with Gasteiger partial charge in [-0.15, -0.1) is 0 Å². The van der Waals surface area contributed by atoms with Crippen LogP contribution in [0.3, 0.4) is 0 Å². The van der Waals surface area contributed by atoms with Crippen LogP contribution in [0.25, 0.3) is 0 Å². The number of ketones is 1. The first-order chi connectivity index (χ1) is 8.59. The van der Waals surface area contributed by atoms with Crippen molar-refractivity contribution in [3.8, 4) is 0 Å². The third-order valence-electron chi connectivity index (χ3n) is 2.90. The minimum absolute atomic E-state index is 0.0129. The lowest BCUT2D eigenvalue weighted by atomic mass is 10.1. The van der Waals surface area contributed by atoms with Gasteiger partial charge in [0.05, 0.1) is 18.8 Å². The topological polar surface area (TPSA) is 46.6 Å². The van der Waals surface area contributed by atoms with Crippen molar-refractivity contribution in [3.63, 3.8) is 0 Å². The molecule has 0 radical (unpaired) electrons. The van der Waals surface area contributed by atoms with E-state index >= 15 is 0 Å². The van der Waals surface area contributed by atoms with Gasteiger partial charge in [-0.25, -0.2) is 0 Å². The van der Waals surface area contributed by atoms with Crippen LogP contribution in [0, 0.1) is 0 Å². The van der Waals surface area contributed by atoms with Crippen molar-refractivity contribution >= 4 is 27.6 Å². The highest BCUT2D eigenvalue weighted by molar-refractivity contribution is 9.10. The van der Waals surface area contributed by atoms with Gasteiger partial charge in [0.2, 0.25) is 0 Å². The van der Waals surface area contributed by atoms with Gasteiger partial charge in [-0.3, -0.25) is 9.59 Å². The summed E-state index contributed by atoms with van der Waals surface area (Å²) in [5.74, 6) is -0.0404. The van der Waals surface area contributed by atoms with Crippen molar-refractivity contribution in [2.24, 2.45) is 0 Å². The molecule has 0 bridgehead atoms. The van der Waals surface area contributed by atoms with E-state index in [1.807, 2.05) is 0 Å². The molecule has 0 aliphatic carbocycles. The molecule has 0 aromatic heterocycles. The van der Waals surface area contributed by atoms with Crippen molar-refractivity contribution < 1.29 is 14.3 Å². The Morgan fingerprint density at radius 1 is 1.28 bits per heavy atom. The molecule has 1 aliphatic rings. The van der Waals surface area contributed by atoms with Gasteiger partial charge in [-0.2, -0.15) is 0 Å². The number of Topliss-reactive ketones (excluding diaryl/α,β-unsaturated/α-hetero) is 1. The number of carbonyl (C=O) groups is 2. The molecule has 1 fully saturated rings. The summed E-state index contributed by atoms with van der Waals surface area (Å²) in [7, 11) is 0. The molecule has 1 saturated heterocycles. The van der Waals surface area contributed by atoms with E-state index in [2.05, 4.69) is 15.9 Å². The van der Waals surface area contributed by atoms with Gasteiger partial charge in [0, 0.05) is 23.1 Å². The van der Waals surface area contributed by atoms with Gasteiger partial charge in [0.15, 0.2) is 5.78 Å². The SMILES string of the molecule is CC(=O)c1ccc(C(=O)N2CCOCC2)c(Br)c1. The van der Waals surface area contributed by atoms with E-state index < -0.39 is 0 Å². The number of morpholine rings is 1. The lowest BCUT2D eigenvalue weighted by Crippen LogP contribution is -2.40. The Labute approximate surface area is 114 Å². The highest BCUT2D eigenvalue weighted by atomic mass is 79.9. The first-order valence-electron chi connectivity index (χ1n) is 5.77. The van der Waals surface area contributed by atoms with Crippen molar-refractivity contribution in [3.05, 3.63) is 33.8 Å². The molecule has 0 atom stereocenters. The quantitative estimate of drug-likeness (QED) is 0.786. The van der Waals surface area contributed by atoms with E-state index in [0.717, 1.165) is 0 Å². The van der Waals surface area contributed by atoms with E-state index in [1.54, 1.807) is 23.1 Å². The Kier molecular flexibility index (Phi) is 4.14. The third kappa shape index (κ3) is 2.79. The van der Waals surface area contributed by atoms with E-state index in [1.165, 1.54) is 6.92 Å². The Balaban J connectivity index is 2.22. The number of ether oxygens (including phenoxy) is 1. The maximum Gasteiger partial charge on any atom is 0.255 e. The van der Waals surface area contributed by atoms with Crippen LogP contribution in [-0.4, -0.2) is 42.9 Å². The molecule has 1 aromatic rings. The van der Waals surface area contributed by atoms with Crippen LogP contribution in [0.15, 0.2) is 22.7 Å². The number of benzene rings is 1. The third-order valence-corrected chi connectivity index (χ3v) is 3.56. The monoisotopic (exact) mass is 311 g/mol. The molecule has 2 rings (SSSR count). The smallest absolute Gasteiger partial charge is 0.255 e. The zero-order valence-corrected chi connectivity index (χ0v) is 11.7. The van der Waals surface area contributed by atoms with E-state index in [0.29, 0.717) is 41.9 Å². The zero-order chi connectivity index (χ0) is 13.1. The van der Waals surface area contributed by atoms with Crippen LogP contribution in [0.5, 0.6) is 0 Å². The number of hydrogen-bond acceptors (Lipinski definition) is 3. The number of rotatable bonds is 2. The number of halogens is 1. The molecular formula is C13H14BrNO3. The molecule has 0 unspecified atom stereocenters. The van der Waals surface area contributed by atoms with Crippen LogP contribution < -0.4 is 0 Å². The number of hydrogen-bond donors (Lipinski definition) is 0. The highest BCUT2D eigenvalue weighted by Gasteiger charge is 2.20. The van der Waals surface area contributed by atoms with Gasteiger partial charge in [-0.1, -0.05) is 6.07 Å². The highest BCUT2D eigenvalue weighted by Crippen LogP contribution is 2.21. The summed E-state index contributed by atoms with van der Waals surface area (Å²) >= 11 is 3.35. The lowest BCUT2D eigenvalue weighted by Gasteiger charge is -2.27. The second-order valence-electron chi connectivity index (χ2n) is 4.16. The summed E-state index contributed by atoms with van der Waals surface area (Å²) in [6.07, 6.45) is 0. The minimum atomic E-state index is -0.0275. The summed E-state index contributed by atoms with van der Waals surface area (Å²) in [6.45, 7) is 3.88. The summed E-state index contributed by atoms with van der Waals surface area (Å²) in [4.78, 5) is 25.3. The molecule has 1 aliphatic heterocycles. The second kappa shape index (κ2) is 5.63. The number of nitrogens with zero attached hydrogens (tertiary/aromatic N) is 1. The molecule has 18 heavy (non-hydrogen) atoms. The zero-order valence-electron chi connectivity index (χ0n) is 10.1. The summed E-state index contributed by atoms with van der Waals surface area (Å²) < 4.78 is 5.88. The molecular weight excluding hydrogens is 298 g/mol. The van der Waals surface area contributed by atoms with Crippen molar-refractivity contribution in [2.45, 2.75) is 6.92 Å².